The van der Waals surface area contributed by atoms with Crippen molar-refractivity contribution >= 4 is 17.7 Å². The van der Waals surface area contributed by atoms with Gasteiger partial charge in [0.25, 0.3) is 5.91 Å². The Morgan fingerprint density at radius 3 is 2.36 bits per heavy atom. The molecule has 4 heteroatoms. The lowest BCUT2D eigenvalue weighted by Gasteiger charge is -2.15. The number of rotatable bonds is 3. The maximum absolute atomic E-state index is 11.0. The first-order valence-corrected chi connectivity index (χ1v) is 3.98. The number of carbonyl (C=O) groups excluding carboxylic acids is 1. The minimum Gasteiger partial charge on any atom is -0.320 e. The fourth-order valence-electron chi connectivity index (χ4n) is 0.837. The standard InChI is InChI=1S/C7H15ClN2O/c1-5(2)4-6(9)7(11)10(3)8/h5-6H,4,9H2,1-3H3/t6-/m0/s1. The van der Waals surface area contributed by atoms with Crippen LogP contribution in [0.3, 0.4) is 0 Å². The van der Waals surface area contributed by atoms with Gasteiger partial charge in [-0.05, 0) is 12.3 Å². The molecule has 0 saturated heterocycles. The molecule has 0 aromatic rings. The third-order valence-electron chi connectivity index (χ3n) is 1.35. The first kappa shape index (κ1) is 10.7. The van der Waals surface area contributed by atoms with Gasteiger partial charge in [0.2, 0.25) is 0 Å². The molecule has 66 valence electrons. The third-order valence-corrected chi connectivity index (χ3v) is 1.51. The van der Waals surface area contributed by atoms with Gasteiger partial charge >= 0.3 is 0 Å². The van der Waals surface area contributed by atoms with E-state index in [1.807, 2.05) is 13.8 Å². The van der Waals surface area contributed by atoms with Gasteiger partial charge in [0, 0.05) is 18.8 Å². The fraction of sp³-hybridized carbons (Fsp3) is 0.857. The number of halogens is 1. The molecule has 0 spiro atoms. The molecule has 0 heterocycles. The van der Waals surface area contributed by atoms with E-state index < -0.39 is 6.04 Å². The molecule has 0 aliphatic heterocycles. The Kier molecular flexibility index (Phi) is 4.45. The van der Waals surface area contributed by atoms with E-state index in [1.165, 1.54) is 7.05 Å². The number of likely N-dealkylation sites (N-methyl/N-ethyl adjacent to an activating group) is 1. The number of hydrogen-bond acceptors (Lipinski definition) is 2. The van der Waals surface area contributed by atoms with Gasteiger partial charge in [0.1, 0.15) is 0 Å². The average Bonchev–Trinajstić information content (AvgIpc) is 1.84. The SMILES string of the molecule is CC(C)C[C@H](N)C(=O)N(C)Cl. The second-order valence-corrected chi connectivity index (χ2v) is 3.56. The Balaban J connectivity index is 3.83. The summed E-state index contributed by atoms with van der Waals surface area (Å²) >= 11 is 5.41. The van der Waals surface area contributed by atoms with Gasteiger partial charge in [-0.1, -0.05) is 13.8 Å². The predicted octanol–water partition coefficient (Wildman–Crippen LogP) is 0.972. The molecular weight excluding hydrogens is 164 g/mol. The van der Waals surface area contributed by atoms with Crippen molar-refractivity contribution in [2.75, 3.05) is 7.05 Å². The summed E-state index contributed by atoms with van der Waals surface area (Å²) in [5, 5.41) is 0. The molecule has 0 radical (unpaired) electrons. The average molecular weight is 179 g/mol. The van der Waals surface area contributed by atoms with Crippen LogP contribution in [0.5, 0.6) is 0 Å². The lowest BCUT2D eigenvalue weighted by Crippen LogP contribution is -2.38. The highest BCUT2D eigenvalue weighted by atomic mass is 35.5. The van der Waals surface area contributed by atoms with Crippen LogP contribution >= 0.6 is 11.8 Å². The van der Waals surface area contributed by atoms with Crippen LogP contribution in [0.1, 0.15) is 20.3 Å². The van der Waals surface area contributed by atoms with Gasteiger partial charge in [-0.25, -0.2) is 0 Å². The lowest BCUT2D eigenvalue weighted by molar-refractivity contribution is -0.127. The van der Waals surface area contributed by atoms with Crippen molar-refractivity contribution in [3.05, 3.63) is 0 Å². The second kappa shape index (κ2) is 4.57. The molecule has 2 N–H and O–H groups in total. The molecule has 0 aliphatic rings. The summed E-state index contributed by atoms with van der Waals surface area (Å²) in [4.78, 5) is 11.0. The second-order valence-electron chi connectivity index (χ2n) is 3.05. The van der Waals surface area contributed by atoms with Gasteiger partial charge in [-0.3, -0.25) is 9.21 Å². The topological polar surface area (TPSA) is 46.3 Å². The van der Waals surface area contributed by atoms with Gasteiger partial charge in [0.15, 0.2) is 0 Å². The molecule has 0 saturated carbocycles. The maximum atomic E-state index is 11.0. The summed E-state index contributed by atoms with van der Waals surface area (Å²) in [6.45, 7) is 4.03. The zero-order valence-electron chi connectivity index (χ0n) is 7.17. The molecular formula is C7H15ClN2O. The van der Waals surface area contributed by atoms with Crippen molar-refractivity contribution in [2.45, 2.75) is 26.3 Å². The minimum absolute atomic E-state index is 0.222. The quantitative estimate of drug-likeness (QED) is 0.655. The summed E-state index contributed by atoms with van der Waals surface area (Å²) in [7, 11) is 1.49. The van der Waals surface area contributed by atoms with Crippen molar-refractivity contribution in [1.29, 1.82) is 0 Å². The molecule has 0 aliphatic carbocycles. The molecule has 1 atom stereocenters. The highest BCUT2D eigenvalue weighted by Crippen LogP contribution is 2.05. The van der Waals surface area contributed by atoms with Crippen molar-refractivity contribution in [1.82, 2.24) is 4.42 Å². The van der Waals surface area contributed by atoms with Crippen LogP contribution in [0.2, 0.25) is 0 Å². The predicted molar refractivity (Wildman–Crippen MR) is 46.1 cm³/mol. The van der Waals surface area contributed by atoms with E-state index >= 15 is 0 Å². The molecule has 0 fully saturated rings. The van der Waals surface area contributed by atoms with Crippen LogP contribution in [0.4, 0.5) is 0 Å². The molecule has 0 aromatic carbocycles. The highest BCUT2D eigenvalue weighted by molar-refractivity contribution is 6.21. The molecule has 0 unspecified atom stereocenters. The number of amides is 1. The minimum atomic E-state index is -0.461. The van der Waals surface area contributed by atoms with Gasteiger partial charge in [-0.2, -0.15) is 0 Å². The Morgan fingerprint density at radius 2 is 2.09 bits per heavy atom. The smallest absolute Gasteiger partial charge is 0.253 e. The fourth-order valence-corrected chi connectivity index (χ4v) is 0.963. The lowest BCUT2D eigenvalue weighted by atomic mass is 10.0. The summed E-state index contributed by atoms with van der Waals surface area (Å²) < 4.78 is 1.01. The van der Waals surface area contributed by atoms with E-state index in [2.05, 4.69) is 0 Å². The zero-order valence-corrected chi connectivity index (χ0v) is 7.93. The largest absolute Gasteiger partial charge is 0.320 e. The summed E-state index contributed by atoms with van der Waals surface area (Å²) in [5.74, 6) is 0.200. The van der Waals surface area contributed by atoms with Crippen LogP contribution in [-0.4, -0.2) is 23.4 Å². The number of nitrogens with two attached hydrogens (primary N) is 1. The van der Waals surface area contributed by atoms with Crippen LogP contribution in [0.15, 0.2) is 0 Å². The van der Waals surface area contributed by atoms with Crippen molar-refractivity contribution in [3.63, 3.8) is 0 Å². The number of hydrogen-bond donors (Lipinski definition) is 1. The summed E-state index contributed by atoms with van der Waals surface area (Å²) in [6.07, 6.45) is 0.676. The monoisotopic (exact) mass is 178 g/mol. The summed E-state index contributed by atoms with van der Waals surface area (Å²) in [6, 6.07) is -0.461. The zero-order chi connectivity index (χ0) is 9.02. The maximum Gasteiger partial charge on any atom is 0.253 e. The molecule has 3 nitrogen and oxygen atoms in total. The van der Waals surface area contributed by atoms with Gasteiger partial charge in [-0.15, -0.1) is 0 Å². The highest BCUT2D eigenvalue weighted by Gasteiger charge is 2.17. The van der Waals surface area contributed by atoms with Crippen LogP contribution in [-0.2, 0) is 4.79 Å². The van der Waals surface area contributed by atoms with E-state index in [9.17, 15) is 4.79 Å². The normalized spacial score (nSPS) is 13.3. The Morgan fingerprint density at radius 1 is 1.64 bits per heavy atom. The molecule has 1 amide bonds. The van der Waals surface area contributed by atoms with Gasteiger partial charge < -0.3 is 5.73 Å². The number of carbonyl (C=O) groups is 1. The third kappa shape index (κ3) is 4.22. The first-order valence-electron chi connectivity index (χ1n) is 3.64. The Bertz CT molecular complexity index is 136. The van der Waals surface area contributed by atoms with Crippen LogP contribution in [0.25, 0.3) is 0 Å². The first-order chi connectivity index (χ1) is 4.95. The molecule has 0 rings (SSSR count). The van der Waals surface area contributed by atoms with Crippen LogP contribution in [0, 0.1) is 5.92 Å². The summed E-state index contributed by atoms with van der Waals surface area (Å²) in [5.41, 5.74) is 5.54. The van der Waals surface area contributed by atoms with Gasteiger partial charge in [0.05, 0.1) is 6.04 Å². The Labute approximate surface area is 72.6 Å². The van der Waals surface area contributed by atoms with E-state index in [1.54, 1.807) is 0 Å². The molecule has 0 bridgehead atoms. The Hall–Kier alpha value is -0.280. The molecule has 11 heavy (non-hydrogen) atoms. The van der Waals surface area contributed by atoms with E-state index in [4.69, 9.17) is 17.5 Å². The van der Waals surface area contributed by atoms with Crippen LogP contribution < -0.4 is 5.73 Å². The van der Waals surface area contributed by atoms with E-state index in [0.29, 0.717) is 12.3 Å². The van der Waals surface area contributed by atoms with Crippen molar-refractivity contribution in [3.8, 4) is 0 Å². The van der Waals surface area contributed by atoms with Crippen molar-refractivity contribution in [2.24, 2.45) is 11.7 Å². The van der Waals surface area contributed by atoms with E-state index in [0.717, 1.165) is 4.42 Å². The molecule has 0 aromatic heterocycles. The number of nitrogens with zero attached hydrogens (tertiary/aromatic N) is 1. The van der Waals surface area contributed by atoms with Crippen molar-refractivity contribution < 1.29 is 4.79 Å². The van der Waals surface area contributed by atoms with E-state index in [-0.39, 0.29) is 5.91 Å².